The van der Waals surface area contributed by atoms with Crippen molar-refractivity contribution >= 4 is 41.0 Å². The molecule has 0 bridgehead atoms. The van der Waals surface area contributed by atoms with E-state index in [2.05, 4.69) is 10.6 Å². The standard InChI is InChI=1S/C14H15Cl2FN2O4/c1-3-18-13(21)7(2)19-12(20)6-23-14(22)8-4-11(17)10(16)5-9(8)15/h4-5,7H,3,6H2,1-2H3,(H,18,21)(H,19,20)/t7-/m1/s1. The van der Waals surface area contributed by atoms with Crippen LogP contribution in [0, 0.1) is 5.82 Å². The van der Waals surface area contributed by atoms with Crippen molar-refractivity contribution in [2.45, 2.75) is 19.9 Å². The lowest BCUT2D eigenvalue weighted by molar-refractivity contribution is -0.130. The molecular weight excluding hydrogens is 350 g/mol. The van der Waals surface area contributed by atoms with Crippen LogP contribution in [-0.2, 0) is 14.3 Å². The molecule has 0 spiro atoms. The number of likely N-dealkylation sites (N-methyl/N-ethyl adjacent to an activating group) is 1. The summed E-state index contributed by atoms with van der Waals surface area (Å²) >= 11 is 11.3. The molecule has 0 heterocycles. The third-order valence-corrected chi connectivity index (χ3v) is 3.29. The molecule has 0 unspecified atom stereocenters. The smallest absolute Gasteiger partial charge is 0.340 e. The molecule has 0 aliphatic carbocycles. The Bertz CT molecular complexity index is 625. The summed E-state index contributed by atoms with van der Waals surface area (Å²) in [6.07, 6.45) is 0. The minimum absolute atomic E-state index is 0.0995. The van der Waals surface area contributed by atoms with Gasteiger partial charge >= 0.3 is 5.97 Å². The fraction of sp³-hybridized carbons (Fsp3) is 0.357. The summed E-state index contributed by atoms with van der Waals surface area (Å²) < 4.78 is 18.1. The van der Waals surface area contributed by atoms with Gasteiger partial charge in [0.25, 0.3) is 5.91 Å². The molecule has 23 heavy (non-hydrogen) atoms. The van der Waals surface area contributed by atoms with Crippen LogP contribution in [0.4, 0.5) is 4.39 Å². The van der Waals surface area contributed by atoms with Crippen LogP contribution in [-0.4, -0.2) is 37.0 Å². The third kappa shape index (κ3) is 5.69. The van der Waals surface area contributed by atoms with Crippen molar-refractivity contribution in [3.05, 3.63) is 33.6 Å². The quantitative estimate of drug-likeness (QED) is 0.596. The van der Waals surface area contributed by atoms with Crippen molar-refractivity contribution in [3.63, 3.8) is 0 Å². The van der Waals surface area contributed by atoms with Gasteiger partial charge in [-0.1, -0.05) is 23.2 Å². The summed E-state index contributed by atoms with van der Waals surface area (Å²) in [6, 6.07) is 1.10. The Labute approximate surface area is 142 Å². The average Bonchev–Trinajstić information content (AvgIpc) is 2.48. The number of benzene rings is 1. The van der Waals surface area contributed by atoms with Gasteiger partial charge in [0.05, 0.1) is 15.6 Å². The van der Waals surface area contributed by atoms with Crippen LogP contribution in [0.1, 0.15) is 24.2 Å². The topological polar surface area (TPSA) is 84.5 Å². The SMILES string of the molecule is CCNC(=O)[C@@H](C)NC(=O)COC(=O)c1cc(F)c(Cl)cc1Cl. The Kier molecular flexibility index (Phi) is 7.25. The Morgan fingerprint density at radius 1 is 1.26 bits per heavy atom. The van der Waals surface area contributed by atoms with Gasteiger partial charge in [-0.3, -0.25) is 9.59 Å². The first-order valence-corrected chi connectivity index (χ1v) is 7.40. The summed E-state index contributed by atoms with van der Waals surface area (Å²) in [6.45, 7) is 3.01. The zero-order chi connectivity index (χ0) is 17.6. The van der Waals surface area contributed by atoms with Crippen molar-refractivity contribution in [1.82, 2.24) is 10.6 Å². The highest BCUT2D eigenvalue weighted by Gasteiger charge is 2.19. The Morgan fingerprint density at radius 2 is 1.91 bits per heavy atom. The number of hydrogen-bond acceptors (Lipinski definition) is 4. The lowest BCUT2D eigenvalue weighted by Crippen LogP contribution is -2.46. The van der Waals surface area contributed by atoms with Crippen LogP contribution < -0.4 is 10.6 Å². The minimum atomic E-state index is -0.980. The Hall–Kier alpha value is -1.86. The number of nitrogens with one attached hydrogen (secondary N) is 2. The molecule has 0 saturated heterocycles. The second-order valence-corrected chi connectivity index (χ2v) is 5.32. The highest BCUT2D eigenvalue weighted by atomic mass is 35.5. The van der Waals surface area contributed by atoms with Gasteiger partial charge in [0, 0.05) is 6.54 Å². The summed E-state index contributed by atoms with van der Waals surface area (Å²) in [5, 5.41) is 4.54. The van der Waals surface area contributed by atoms with Crippen LogP contribution in [0.5, 0.6) is 0 Å². The van der Waals surface area contributed by atoms with Crippen LogP contribution in [0.2, 0.25) is 10.0 Å². The molecule has 9 heteroatoms. The van der Waals surface area contributed by atoms with E-state index in [4.69, 9.17) is 27.9 Å². The number of hydrogen-bond donors (Lipinski definition) is 2. The molecule has 2 N–H and O–H groups in total. The molecule has 1 rings (SSSR count). The maximum absolute atomic E-state index is 13.3. The third-order valence-electron chi connectivity index (χ3n) is 2.69. The fourth-order valence-corrected chi connectivity index (χ4v) is 2.02. The lowest BCUT2D eigenvalue weighted by Gasteiger charge is -2.13. The zero-order valence-electron chi connectivity index (χ0n) is 12.4. The van der Waals surface area contributed by atoms with E-state index in [1.54, 1.807) is 6.92 Å². The molecule has 2 amide bonds. The molecule has 1 aromatic carbocycles. The number of amides is 2. The van der Waals surface area contributed by atoms with Crippen molar-refractivity contribution in [2.24, 2.45) is 0 Å². The molecule has 0 radical (unpaired) electrons. The highest BCUT2D eigenvalue weighted by Crippen LogP contribution is 2.24. The zero-order valence-corrected chi connectivity index (χ0v) is 13.9. The maximum atomic E-state index is 13.3. The van der Waals surface area contributed by atoms with Crippen molar-refractivity contribution < 1.29 is 23.5 Å². The first-order chi connectivity index (χ1) is 10.8. The van der Waals surface area contributed by atoms with Gasteiger partial charge in [0.1, 0.15) is 11.9 Å². The second kappa shape index (κ2) is 8.69. The summed E-state index contributed by atoms with van der Waals surface area (Å²) in [5.74, 6) is -2.86. The van der Waals surface area contributed by atoms with Crippen molar-refractivity contribution in [1.29, 1.82) is 0 Å². The number of rotatable bonds is 6. The number of esters is 1. The van der Waals surface area contributed by atoms with Crippen LogP contribution in [0.25, 0.3) is 0 Å². The summed E-state index contributed by atoms with van der Waals surface area (Å²) in [5.41, 5.74) is -0.252. The van der Waals surface area contributed by atoms with Gasteiger partial charge < -0.3 is 15.4 Å². The van der Waals surface area contributed by atoms with Gasteiger partial charge in [-0.05, 0) is 26.0 Å². The first kappa shape index (κ1) is 19.2. The molecule has 1 atom stereocenters. The highest BCUT2D eigenvalue weighted by molar-refractivity contribution is 6.36. The normalized spacial score (nSPS) is 11.5. The molecular formula is C14H15Cl2FN2O4. The molecule has 0 fully saturated rings. The molecule has 0 aliphatic heterocycles. The molecule has 0 aromatic heterocycles. The lowest BCUT2D eigenvalue weighted by atomic mass is 10.2. The van der Waals surface area contributed by atoms with E-state index >= 15 is 0 Å². The molecule has 1 aromatic rings. The average molecular weight is 365 g/mol. The van der Waals surface area contributed by atoms with Crippen molar-refractivity contribution in [2.75, 3.05) is 13.2 Å². The number of halogens is 3. The van der Waals surface area contributed by atoms with Crippen LogP contribution in [0.15, 0.2) is 12.1 Å². The molecule has 0 aliphatic rings. The molecule has 6 nitrogen and oxygen atoms in total. The summed E-state index contributed by atoms with van der Waals surface area (Å²) in [4.78, 5) is 34.8. The van der Waals surface area contributed by atoms with Crippen LogP contribution in [0.3, 0.4) is 0 Å². The first-order valence-electron chi connectivity index (χ1n) is 6.65. The molecule has 126 valence electrons. The van der Waals surface area contributed by atoms with E-state index in [-0.39, 0.29) is 21.5 Å². The van der Waals surface area contributed by atoms with Gasteiger partial charge in [-0.25, -0.2) is 9.18 Å². The maximum Gasteiger partial charge on any atom is 0.340 e. The van der Waals surface area contributed by atoms with Gasteiger partial charge in [0.2, 0.25) is 5.91 Å². The largest absolute Gasteiger partial charge is 0.452 e. The predicted molar refractivity (Wildman–Crippen MR) is 83.0 cm³/mol. The number of carbonyl (C=O) groups excluding carboxylic acids is 3. The van der Waals surface area contributed by atoms with Crippen molar-refractivity contribution in [3.8, 4) is 0 Å². The minimum Gasteiger partial charge on any atom is -0.452 e. The monoisotopic (exact) mass is 364 g/mol. The van der Waals surface area contributed by atoms with Crippen LogP contribution >= 0.6 is 23.2 Å². The number of carbonyl (C=O) groups is 3. The van der Waals surface area contributed by atoms with E-state index in [9.17, 15) is 18.8 Å². The van der Waals surface area contributed by atoms with E-state index in [1.807, 2.05) is 0 Å². The van der Waals surface area contributed by atoms with Gasteiger partial charge in [0.15, 0.2) is 6.61 Å². The van der Waals surface area contributed by atoms with E-state index in [0.29, 0.717) is 6.54 Å². The Morgan fingerprint density at radius 3 is 2.52 bits per heavy atom. The fourth-order valence-electron chi connectivity index (χ4n) is 1.56. The van der Waals surface area contributed by atoms with E-state index in [1.165, 1.54) is 6.92 Å². The van der Waals surface area contributed by atoms with E-state index < -0.39 is 30.3 Å². The second-order valence-electron chi connectivity index (χ2n) is 4.51. The van der Waals surface area contributed by atoms with E-state index in [0.717, 1.165) is 12.1 Å². The number of ether oxygens (including phenoxy) is 1. The van der Waals surface area contributed by atoms with Gasteiger partial charge in [-0.15, -0.1) is 0 Å². The Balaban J connectivity index is 2.58. The summed E-state index contributed by atoms with van der Waals surface area (Å²) in [7, 11) is 0. The molecule has 0 saturated carbocycles. The van der Waals surface area contributed by atoms with Gasteiger partial charge in [-0.2, -0.15) is 0 Å². The predicted octanol–water partition coefficient (Wildman–Crippen LogP) is 1.93.